The van der Waals surface area contributed by atoms with Crippen molar-refractivity contribution in [2.45, 2.75) is 6.18 Å². The van der Waals surface area contributed by atoms with Crippen molar-refractivity contribution in [1.82, 2.24) is 9.97 Å². The number of hydrogen-bond donors (Lipinski definition) is 1. The van der Waals surface area contributed by atoms with Gasteiger partial charge in [-0.05, 0) is 53.6 Å². The second-order valence-corrected chi connectivity index (χ2v) is 10.7. The maximum Gasteiger partial charge on any atom is 0.417 e. The molecule has 7 heteroatoms. The lowest BCUT2D eigenvalue weighted by Crippen LogP contribution is -2.54. The first-order valence-corrected chi connectivity index (χ1v) is 12.9. The first kappa shape index (κ1) is 25.0. The van der Waals surface area contributed by atoms with Gasteiger partial charge in [0.1, 0.15) is 5.65 Å². The number of piperazine rings is 1. The zero-order chi connectivity index (χ0) is 27.2. The molecule has 0 atom stereocenters. The Balaban J connectivity index is 1.36. The largest absolute Gasteiger partial charge is 0.417 e. The van der Waals surface area contributed by atoms with Crippen molar-refractivity contribution in [1.29, 1.82) is 0 Å². The highest BCUT2D eigenvalue weighted by molar-refractivity contribution is 6.09. The lowest BCUT2D eigenvalue weighted by molar-refractivity contribution is -0.890. The van der Waals surface area contributed by atoms with E-state index in [1.54, 1.807) is 18.3 Å². The number of aromatic nitrogens is 2. The highest BCUT2D eigenvalue weighted by Crippen LogP contribution is 2.33. The second kappa shape index (κ2) is 9.48. The summed E-state index contributed by atoms with van der Waals surface area (Å²) in [7, 11) is 4.55. The van der Waals surface area contributed by atoms with E-state index in [1.165, 1.54) is 17.8 Å². The third kappa shape index (κ3) is 4.96. The van der Waals surface area contributed by atoms with Crippen LogP contribution < -0.4 is 4.90 Å². The molecule has 4 nitrogen and oxygen atoms in total. The van der Waals surface area contributed by atoms with Gasteiger partial charge >= 0.3 is 6.18 Å². The molecule has 0 unspecified atom stereocenters. The summed E-state index contributed by atoms with van der Waals surface area (Å²) in [5.74, 6) is 5.74. The normalized spacial score (nSPS) is 15.4. The van der Waals surface area contributed by atoms with Gasteiger partial charge in [0.05, 0.1) is 45.8 Å². The van der Waals surface area contributed by atoms with Crippen LogP contribution in [0.25, 0.3) is 33.1 Å². The van der Waals surface area contributed by atoms with Crippen LogP contribution in [0, 0.1) is 11.8 Å². The molecule has 0 saturated carbocycles. The molecule has 0 amide bonds. The van der Waals surface area contributed by atoms with Crippen molar-refractivity contribution < 1.29 is 17.7 Å². The number of hydrogen-bond acceptors (Lipinski definition) is 2. The molecule has 5 aromatic rings. The maximum atomic E-state index is 13.5. The van der Waals surface area contributed by atoms with Crippen molar-refractivity contribution in [2.75, 3.05) is 45.2 Å². The number of alkyl halides is 3. The quantitative estimate of drug-likeness (QED) is 0.206. The fourth-order valence-electron chi connectivity index (χ4n) is 5.20. The van der Waals surface area contributed by atoms with E-state index >= 15 is 0 Å². The topological polar surface area (TPSA) is 31.9 Å². The Kier molecular flexibility index (Phi) is 6.08. The van der Waals surface area contributed by atoms with E-state index < -0.39 is 11.7 Å². The summed E-state index contributed by atoms with van der Waals surface area (Å²) in [6, 6.07) is 22.0. The van der Waals surface area contributed by atoms with Crippen LogP contribution in [0.5, 0.6) is 0 Å². The molecule has 6 rings (SSSR count). The van der Waals surface area contributed by atoms with Gasteiger partial charge in [0.25, 0.3) is 0 Å². The van der Waals surface area contributed by atoms with Gasteiger partial charge in [0.2, 0.25) is 0 Å². The van der Waals surface area contributed by atoms with Gasteiger partial charge in [-0.3, -0.25) is 0 Å². The van der Waals surface area contributed by atoms with Gasteiger partial charge in [-0.15, -0.1) is 0 Å². The lowest BCUT2D eigenvalue weighted by Gasteiger charge is -2.40. The molecule has 1 aliphatic rings. The summed E-state index contributed by atoms with van der Waals surface area (Å²) in [5, 5.41) is 1.74. The summed E-state index contributed by atoms with van der Waals surface area (Å²) in [6.07, 6.45) is -2.84. The van der Waals surface area contributed by atoms with E-state index in [0.29, 0.717) is 11.2 Å². The summed E-state index contributed by atoms with van der Waals surface area (Å²) in [5.41, 5.74) is 4.77. The standard InChI is InChI=1S/C32H28F3N4/c1-39(2)19-17-38(18-20-39)26-12-9-22(10-13-26)25-11-14-29-27(21-25)30-24(15-16-36-31(30)37-29)8-7-23-5-3-4-6-28(23)32(33,34)35/h3-6,9-16,21H,17-20H2,1-2H3,(H,36,37)/q+1. The molecule has 2 aromatic heterocycles. The van der Waals surface area contributed by atoms with Gasteiger partial charge in [-0.25, -0.2) is 4.98 Å². The average molecular weight is 526 g/mol. The minimum atomic E-state index is -4.46. The molecule has 1 fully saturated rings. The third-order valence-corrected chi connectivity index (χ3v) is 7.57. The average Bonchev–Trinajstić information content (AvgIpc) is 3.30. The number of benzene rings is 3. The van der Waals surface area contributed by atoms with Crippen LogP contribution >= 0.6 is 0 Å². The lowest BCUT2D eigenvalue weighted by atomic mass is 10.0. The molecule has 39 heavy (non-hydrogen) atoms. The highest BCUT2D eigenvalue weighted by Gasteiger charge is 2.32. The molecule has 3 heterocycles. The van der Waals surface area contributed by atoms with Crippen LogP contribution in [0.3, 0.4) is 0 Å². The van der Waals surface area contributed by atoms with Crippen molar-refractivity contribution >= 4 is 27.6 Å². The molecule has 1 N–H and O–H groups in total. The minimum Gasteiger partial charge on any atom is -0.360 e. The first-order chi connectivity index (χ1) is 18.7. The minimum absolute atomic E-state index is 0.0493. The van der Waals surface area contributed by atoms with Crippen LogP contribution in [0.15, 0.2) is 79.0 Å². The zero-order valence-corrected chi connectivity index (χ0v) is 21.8. The van der Waals surface area contributed by atoms with Gasteiger partial charge in [-0.2, -0.15) is 13.2 Å². The van der Waals surface area contributed by atoms with Crippen LogP contribution in [0.4, 0.5) is 18.9 Å². The van der Waals surface area contributed by atoms with Crippen molar-refractivity contribution in [3.63, 3.8) is 0 Å². The van der Waals surface area contributed by atoms with E-state index in [-0.39, 0.29) is 5.56 Å². The molecular formula is C32H28F3N4+. The smallest absolute Gasteiger partial charge is 0.360 e. The van der Waals surface area contributed by atoms with E-state index in [1.807, 2.05) is 6.07 Å². The van der Waals surface area contributed by atoms with Crippen molar-refractivity contribution in [2.24, 2.45) is 0 Å². The fraction of sp³-hybridized carbons (Fsp3) is 0.219. The number of rotatable bonds is 2. The first-order valence-electron chi connectivity index (χ1n) is 12.9. The Bertz CT molecular complexity index is 1730. The van der Waals surface area contributed by atoms with Crippen molar-refractivity contribution in [3.05, 3.63) is 95.7 Å². The Morgan fingerprint density at radius 1 is 0.846 bits per heavy atom. The number of quaternary nitrogens is 1. The predicted molar refractivity (Wildman–Crippen MR) is 151 cm³/mol. The fourth-order valence-corrected chi connectivity index (χ4v) is 5.20. The predicted octanol–water partition coefficient (Wildman–Crippen LogP) is 6.70. The molecule has 0 aliphatic carbocycles. The summed E-state index contributed by atoms with van der Waals surface area (Å²) in [4.78, 5) is 10.2. The number of nitrogens with one attached hydrogen (secondary N) is 1. The van der Waals surface area contributed by atoms with Gasteiger partial charge in [0, 0.05) is 39.3 Å². The highest BCUT2D eigenvalue weighted by atomic mass is 19.4. The number of aromatic amines is 1. The summed E-state index contributed by atoms with van der Waals surface area (Å²) >= 11 is 0. The van der Waals surface area contributed by atoms with E-state index in [0.717, 1.165) is 64.1 Å². The molecule has 3 aromatic carbocycles. The monoisotopic (exact) mass is 525 g/mol. The Hall–Kier alpha value is -4.28. The van der Waals surface area contributed by atoms with Crippen LogP contribution in [-0.4, -0.2) is 54.7 Å². The molecule has 0 bridgehead atoms. The number of H-pyrrole nitrogens is 1. The molecule has 0 radical (unpaired) electrons. The van der Waals surface area contributed by atoms with Crippen LogP contribution in [0.2, 0.25) is 0 Å². The molecular weight excluding hydrogens is 497 g/mol. The summed E-state index contributed by atoms with van der Waals surface area (Å²) < 4.78 is 41.5. The SMILES string of the molecule is C[N+]1(C)CCN(c2ccc(-c3ccc4[nH]c5nccc(C#Cc6ccccc6C(F)(F)F)c5c4c3)cc2)CC1. The maximum absolute atomic E-state index is 13.5. The molecule has 0 spiro atoms. The van der Waals surface area contributed by atoms with Crippen LogP contribution in [0.1, 0.15) is 16.7 Å². The van der Waals surface area contributed by atoms with Crippen molar-refractivity contribution in [3.8, 4) is 23.0 Å². The summed E-state index contributed by atoms with van der Waals surface area (Å²) in [6.45, 7) is 4.33. The number of nitrogens with zero attached hydrogens (tertiary/aromatic N) is 3. The van der Waals surface area contributed by atoms with E-state index in [9.17, 15) is 13.2 Å². The van der Waals surface area contributed by atoms with Gasteiger partial charge in [0.15, 0.2) is 0 Å². The molecule has 1 saturated heterocycles. The van der Waals surface area contributed by atoms with Gasteiger partial charge in [-0.1, -0.05) is 42.2 Å². The Labute approximate surface area is 225 Å². The number of anilines is 1. The Morgan fingerprint density at radius 3 is 2.28 bits per heavy atom. The van der Waals surface area contributed by atoms with Crippen LogP contribution in [-0.2, 0) is 6.18 Å². The second-order valence-electron chi connectivity index (χ2n) is 10.7. The number of pyridine rings is 1. The van der Waals surface area contributed by atoms with Gasteiger partial charge < -0.3 is 14.4 Å². The van der Waals surface area contributed by atoms with E-state index in [4.69, 9.17) is 0 Å². The molecule has 1 aliphatic heterocycles. The Morgan fingerprint density at radius 2 is 1.54 bits per heavy atom. The third-order valence-electron chi connectivity index (χ3n) is 7.57. The number of halogens is 3. The zero-order valence-electron chi connectivity index (χ0n) is 21.8. The number of likely N-dealkylation sites (N-methyl/N-ethyl adjacent to an activating group) is 1. The molecule has 196 valence electrons. The van der Waals surface area contributed by atoms with E-state index in [2.05, 4.69) is 77.2 Å². The number of fused-ring (bicyclic) bond motifs is 3.